The van der Waals surface area contributed by atoms with Gasteiger partial charge in [0.25, 0.3) is 0 Å². The fraction of sp³-hybridized carbons (Fsp3) is 0.167. The smallest absolute Gasteiger partial charge is 0.223 e. The topological polar surface area (TPSA) is 37.8 Å². The monoisotopic (exact) mass is 309 g/mol. The van der Waals surface area contributed by atoms with Crippen molar-refractivity contribution in [2.75, 3.05) is 12.4 Å². The molecule has 2 rings (SSSR count). The van der Waals surface area contributed by atoms with E-state index in [1.165, 1.54) is 10.5 Å². The van der Waals surface area contributed by atoms with Crippen molar-refractivity contribution in [1.29, 1.82) is 0 Å². The molecule has 0 amide bonds. The zero-order valence-corrected chi connectivity index (χ0v) is 12.0. The van der Waals surface area contributed by atoms with E-state index in [1.807, 2.05) is 19.2 Å². The molecule has 0 aliphatic carbocycles. The fourth-order valence-electron chi connectivity index (χ4n) is 1.32. The van der Waals surface area contributed by atoms with Gasteiger partial charge in [-0.25, -0.2) is 9.97 Å². The Hall–Kier alpha value is -1.07. The van der Waals surface area contributed by atoms with Gasteiger partial charge in [-0.1, -0.05) is 30.0 Å². The van der Waals surface area contributed by atoms with E-state index >= 15 is 0 Å². The van der Waals surface area contributed by atoms with Crippen molar-refractivity contribution in [1.82, 2.24) is 9.97 Å². The minimum Gasteiger partial charge on any atom is -0.357 e. The lowest BCUT2D eigenvalue weighted by molar-refractivity contribution is 1.02. The molecule has 0 aliphatic rings. The van der Waals surface area contributed by atoms with Gasteiger partial charge >= 0.3 is 0 Å². The van der Waals surface area contributed by atoms with Crippen molar-refractivity contribution >= 4 is 33.6 Å². The molecule has 3 nitrogen and oxygen atoms in total. The normalized spacial score (nSPS) is 10.3. The van der Waals surface area contributed by atoms with Crippen molar-refractivity contribution < 1.29 is 0 Å². The van der Waals surface area contributed by atoms with Crippen LogP contribution in [0.5, 0.6) is 0 Å². The summed E-state index contributed by atoms with van der Waals surface area (Å²) < 4.78 is 0.907. The van der Waals surface area contributed by atoms with Crippen LogP contribution in [0, 0.1) is 6.92 Å². The minimum atomic E-state index is 0.629. The van der Waals surface area contributed by atoms with Gasteiger partial charge in [-0.2, -0.15) is 0 Å². The van der Waals surface area contributed by atoms with E-state index in [2.05, 4.69) is 50.3 Å². The molecule has 1 aromatic heterocycles. The molecule has 88 valence electrons. The van der Waals surface area contributed by atoms with Crippen LogP contribution in [0.15, 0.2) is 44.9 Å². The summed E-state index contributed by atoms with van der Waals surface area (Å²) in [7, 11) is 1.81. The van der Waals surface area contributed by atoms with Crippen LogP contribution >= 0.6 is 27.7 Å². The molecule has 1 aromatic carbocycles. The largest absolute Gasteiger partial charge is 0.357 e. The maximum absolute atomic E-state index is 4.42. The summed E-state index contributed by atoms with van der Waals surface area (Å²) in [5, 5.41) is 3.85. The van der Waals surface area contributed by atoms with Crippen molar-refractivity contribution in [2.45, 2.75) is 16.8 Å². The highest BCUT2D eigenvalue weighted by atomic mass is 79.9. The fourth-order valence-corrected chi connectivity index (χ4v) is 2.62. The first-order valence-electron chi connectivity index (χ1n) is 5.14. The molecule has 0 aliphatic heterocycles. The predicted molar refractivity (Wildman–Crippen MR) is 74.6 cm³/mol. The first-order valence-corrected chi connectivity index (χ1v) is 6.75. The minimum absolute atomic E-state index is 0.629. The van der Waals surface area contributed by atoms with Crippen molar-refractivity contribution in [3.05, 3.63) is 40.5 Å². The number of nitrogens with one attached hydrogen (secondary N) is 1. The van der Waals surface area contributed by atoms with Crippen LogP contribution in [0.1, 0.15) is 5.56 Å². The summed E-state index contributed by atoms with van der Waals surface area (Å²) in [6.07, 6.45) is 1.76. The highest BCUT2D eigenvalue weighted by Gasteiger charge is 2.07. The van der Waals surface area contributed by atoms with Gasteiger partial charge in [0.2, 0.25) is 5.95 Å². The number of benzene rings is 1. The summed E-state index contributed by atoms with van der Waals surface area (Å²) in [5.41, 5.74) is 1.24. The summed E-state index contributed by atoms with van der Waals surface area (Å²) in [4.78, 5) is 9.76. The molecule has 0 radical (unpaired) electrons. The van der Waals surface area contributed by atoms with Crippen LogP contribution in [0.3, 0.4) is 0 Å². The van der Waals surface area contributed by atoms with Gasteiger partial charge in [0.05, 0.1) is 4.47 Å². The number of halogens is 1. The molecule has 0 spiro atoms. The zero-order valence-electron chi connectivity index (χ0n) is 9.57. The SMILES string of the molecule is CNc1ncc(Br)c(Sc2ccccc2C)n1. The molecule has 0 saturated heterocycles. The zero-order chi connectivity index (χ0) is 12.3. The van der Waals surface area contributed by atoms with Gasteiger partial charge < -0.3 is 5.32 Å². The summed E-state index contributed by atoms with van der Waals surface area (Å²) in [6, 6.07) is 8.25. The Kier molecular flexibility index (Phi) is 4.02. The van der Waals surface area contributed by atoms with E-state index in [9.17, 15) is 0 Å². The standard InChI is InChI=1S/C12H12BrN3S/c1-8-5-3-4-6-10(8)17-11-9(13)7-15-12(14-2)16-11/h3-7H,1-2H3,(H,14,15,16). The van der Waals surface area contributed by atoms with Crippen LogP contribution in [0.25, 0.3) is 0 Å². The second-order valence-electron chi connectivity index (χ2n) is 3.46. The number of anilines is 1. The first-order chi connectivity index (χ1) is 8.20. The van der Waals surface area contributed by atoms with Gasteiger partial charge in [0, 0.05) is 18.1 Å². The van der Waals surface area contributed by atoms with Crippen LogP contribution in [-0.4, -0.2) is 17.0 Å². The van der Waals surface area contributed by atoms with Crippen LogP contribution in [0.4, 0.5) is 5.95 Å². The van der Waals surface area contributed by atoms with E-state index in [-0.39, 0.29) is 0 Å². The Balaban J connectivity index is 2.32. The predicted octanol–water partition coefficient (Wildman–Crippen LogP) is 3.74. The molecule has 2 aromatic rings. The third kappa shape index (κ3) is 2.98. The lowest BCUT2D eigenvalue weighted by atomic mass is 10.2. The van der Waals surface area contributed by atoms with Crippen LogP contribution in [-0.2, 0) is 0 Å². The molecule has 0 atom stereocenters. The van der Waals surface area contributed by atoms with Crippen LogP contribution < -0.4 is 5.32 Å². The lowest BCUT2D eigenvalue weighted by Gasteiger charge is -2.07. The van der Waals surface area contributed by atoms with Crippen molar-refractivity contribution in [3.8, 4) is 0 Å². The average molecular weight is 310 g/mol. The molecule has 17 heavy (non-hydrogen) atoms. The Morgan fingerprint density at radius 3 is 2.76 bits per heavy atom. The van der Waals surface area contributed by atoms with Gasteiger partial charge in [-0.15, -0.1) is 0 Å². The molecule has 1 heterocycles. The Bertz CT molecular complexity index is 531. The maximum atomic E-state index is 4.42. The van der Waals surface area contributed by atoms with Gasteiger partial charge in [0.15, 0.2) is 0 Å². The third-order valence-corrected chi connectivity index (χ3v) is 4.26. The first kappa shape index (κ1) is 12.4. The van der Waals surface area contributed by atoms with E-state index < -0.39 is 0 Å². The number of rotatable bonds is 3. The quantitative estimate of drug-likeness (QED) is 0.877. The summed E-state index contributed by atoms with van der Waals surface area (Å²) in [6.45, 7) is 2.09. The highest BCUT2D eigenvalue weighted by Crippen LogP contribution is 2.33. The molecular weight excluding hydrogens is 298 g/mol. The van der Waals surface area contributed by atoms with E-state index in [0.29, 0.717) is 5.95 Å². The Labute approximate surface area is 113 Å². The molecule has 0 fully saturated rings. The maximum Gasteiger partial charge on any atom is 0.223 e. The Morgan fingerprint density at radius 2 is 2.06 bits per heavy atom. The number of nitrogens with zero attached hydrogens (tertiary/aromatic N) is 2. The summed E-state index contributed by atoms with van der Waals surface area (Å²) in [5.74, 6) is 0.629. The van der Waals surface area contributed by atoms with Gasteiger partial charge in [-0.05, 0) is 34.5 Å². The molecular formula is C12H12BrN3S. The van der Waals surface area contributed by atoms with Gasteiger partial charge in [-0.3, -0.25) is 0 Å². The lowest BCUT2D eigenvalue weighted by Crippen LogP contribution is -1.97. The molecule has 0 saturated carbocycles. The molecule has 1 N–H and O–H groups in total. The Morgan fingerprint density at radius 1 is 1.29 bits per heavy atom. The van der Waals surface area contributed by atoms with E-state index in [4.69, 9.17) is 0 Å². The summed E-state index contributed by atoms with van der Waals surface area (Å²) >= 11 is 5.10. The number of hydrogen-bond acceptors (Lipinski definition) is 4. The second kappa shape index (κ2) is 5.51. The number of aryl methyl sites for hydroxylation is 1. The van der Waals surface area contributed by atoms with Crippen molar-refractivity contribution in [3.63, 3.8) is 0 Å². The van der Waals surface area contributed by atoms with Gasteiger partial charge in [0.1, 0.15) is 5.03 Å². The number of hydrogen-bond donors (Lipinski definition) is 1. The molecule has 0 bridgehead atoms. The van der Waals surface area contributed by atoms with E-state index in [0.717, 1.165) is 9.50 Å². The van der Waals surface area contributed by atoms with Crippen LogP contribution in [0.2, 0.25) is 0 Å². The average Bonchev–Trinajstić information content (AvgIpc) is 2.35. The van der Waals surface area contributed by atoms with Crippen molar-refractivity contribution in [2.24, 2.45) is 0 Å². The molecule has 0 unspecified atom stereocenters. The third-order valence-electron chi connectivity index (χ3n) is 2.24. The molecule has 5 heteroatoms. The second-order valence-corrected chi connectivity index (χ2v) is 5.35. The highest BCUT2D eigenvalue weighted by molar-refractivity contribution is 9.10. The number of aromatic nitrogens is 2. The van der Waals surface area contributed by atoms with E-state index in [1.54, 1.807) is 18.0 Å².